The lowest BCUT2D eigenvalue weighted by molar-refractivity contribution is -0.116. The Hall–Kier alpha value is -2.21. The second-order valence-corrected chi connectivity index (χ2v) is 7.76. The number of carbonyl (C=O) groups is 2. The van der Waals surface area contributed by atoms with E-state index >= 15 is 0 Å². The lowest BCUT2D eigenvalue weighted by atomic mass is 9.90. The minimum atomic E-state index is -0.416. The van der Waals surface area contributed by atoms with E-state index in [4.69, 9.17) is 0 Å². The molecule has 1 aliphatic rings. The lowest BCUT2D eigenvalue weighted by Gasteiger charge is -2.16. The highest BCUT2D eigenvalue weighted by Crippen LogP contribution is 2.32. The molecule has 0 aliphatic heterocycles. The number of halogens is 1. The maximum absolute atomic E-state index is 13.2. The topological polar surface area (TPSA) is 49.4 Å². The fraction of sp³-hybridized carbons (Fsp3) is 0.368. The number of carbonyl (C=O) groups excluding carboxylic acids is 2. The number of anilines is 1. The van der Waals surface area contributed by atoms with E-state index < -0.39 is 5.82 Å². The molecule has 0 saturated carbocycles. The summed E-state index contributed by atoms with van der Waals surface area (Å²) in [5.74, 6) is -0.265. The van der Waals surface area contributed by atoms with Gasteiger partial charge >= 0.3 is 0 Å². The summed E-state index contributed by atoms with van der Waals surface area (Å²) in [5, 5.41) is 2.61. The van der Waals surface area contributed by atoms with Crippen molar-refractivity contribution in [3.63, 3.8) is 0 Å². The Morgan fingerprint density at radius 3 is 2.92 bits per heavy atom. The number of thiophene rings is 1. The number of benzene rings is 1. The highest BCUT2D eigenvalue weighted by molar-refractivity contribution is 7.14. The number of nitrogens with one attached hydrogen (secondary N) is 1. The zero-order chi connectivity index (χ0) is 18.0. The summed E-state index contributed by atoms with van der Waals surface area (Å²) < 4.78 is 13.2. The van der Waals surface area contributed by atoms with E-state index in [-0.39, 0.29) is 18.4 Å². The number of fused-ring (bicyclic) bond motifs is 1. The first-order chi connectivity index (χ1) is 11.9. The van der Waals surface area contributed by atoms with E-state index in [0.717, 1.165) is 19.3 Å². The van der Waals surface area contributed by atoms with Crippen molar-refractivity contribution in [2.24, 2.45) is 5.92 Å². The minimum Gasteiger partial charge on any atom is -0.332 e. The fourth-order valence-electron chi connectivity index (χ4n) is 3.05. The Morgan fingerprint density at radius 2 is 2.16 bits per heavy atom. The van der Waals surface area contributed by atoms with Crippen molar-refractivity contribution in [2.75, 3.05) is 18.9 Å². The summed E-state index contributed by atoms with van der Waals surface area (Å²) in [5.41, 5.74) is 1.65. The van der Waals surface area contributed by atoms with Crippen molar-refractivity contribution in [1.82, 2.24) is 4.90 Å². The summed E-state index contributed by atoms with van der Waals surface area (Å²) in [6.07, 6.45) is 3.20. The Balaban J connectivity index is 1.62. The van der Waals surface area contributed by atoms with Crippen LogP contribution in [0.3, 0.4) is 0 Å². The van der Waals surface area contributed by atoms with E-state index in [2.05, 4.69) is 12.2 Å². The molecule has 1 atom stereocenters. The highest BCUT2D eigenvalue weighted by Gasteiger charge is 2.23. The van der Waals surface area contributed by atoms with Crippen molar-refractivity contribution < 1.29 is 14.0 Å². The number of amides is 2. The van der Waals surface area contributed by atoms with Gasteiger partial charge in [-0.05, 0) is 55.0 Å². The SMILES string of the molecule is C[C@@H]1CCc2sc(C(=O)N(C)CC(=O)Nc3cccc(F)c3)cc2C1. The van der Waals surface area contributed by atoms with Gasteiger partial charge in [-0.25, -0.2) is 4.39 Å². The van der Waals surface area contributed by atoms with Gasteiger partial charge in [-0.3, -0.25) is 9.59 Å². The molecular weight excluding hydrogens is 339 g/mol. The average molecular weight is 360 g/mol. The van der Waals surface area contributed by atoms with Gasteiger partial charge < -0.3 is 10.2 Å². The molecule has 6 heteroatoms. The molecule has 25 heavy (non-hydrogen) atoms. The molecule has 3 rings (SSSR count). The maximum atomic E-state index is 13.2. The zero-order valence-corrected chi connectivity index (χ0v) is 15.2. The first-order valence-electron chi connectivity index (χ1n) is 8.35. The van der Waals surface area contributed by atoms with E-state index in [1.807, 2.05) is 6.07 Å². The van der Waals surface area contributed by atoms with E-state index in [9.17, 15) is 14.0 Å². The zero-order valence-electron chi connectivity index (χ0n) is 14.3. The van der Waals surface area contributed by atoms with E-state index in [1.54, 1.807) is 13.1 Å². The molecule has 2 amide bonds. The Kier molecular flexibility index (Phi) is 5.18. The average Bonchev–Trinajstić information content (AvgIpc) is 2.96. The van der Waals surface area contributed by atoms with Crippen molar-refractivity contribution in [2.45, 2.75) is 26.2 Å². The standard InChI is InChI=1S/C19H21FN2O2S/c1-12-6-7-16-13(8-12)9-17(25-16)19(24)22(2)11-18(23)21-15-5-3-4-14(20)10-15/h3-5,9-10,12H,6-8,11H2,1-2H3,(H,21,23)/t12-/m1/s1. The molecule has 2 aromatic rings. The van der Waals surface area contributed by atoms with E-state index in [1.165, 1.54) is 44.9 Å². The van der Waals surface area contributed by atoms with Gasteiger partial charge in [-0.15, -0.1) is 11.3 Å². The molecular formula is C19H21FN2O2S. The first-order valence-corrected chi connectivity index (χ1v) is 9.16. The Labute approximate surface area is 150 Å². The van der Waals surface area contributed by atoms with Crippen molar-refractivity contribution in [3.8, 4) is 0 Å². The molecule has 132 valence electrons. The second-order valence-electron chi connectivity index (χ2n) is 6.63. The van der Waals surface area contributed by atoms with Crippen LogP contribution in [0, 0.1) is 11.7 Å². The van der Waals surface area contributed by atoms with Crippen LogP contribution in [0.15, 0.2) is 30.3 Å². The molecule has 1 aliphatic carbocycles. The monoisotopic (exact) mass is 360 g/mol. The number of hydrogen-bond acceptors (Lipinski definition) is 3. The Bertz CT molecular complexity index is 802. The number of aryl methyl sites for hydroxylation is 1. The van der Waals surface area contributed by atoms with Crippen LogP contribution >= 0.6 is 11.3 Å². The van der Waals surface area contributed by atoms with Crippen LogP contribution < -0.4 is 5.32 Å². The van der Waals surface area contributed by atoms with Crippen LogP contribution in [-0.4, -0.2) is 30.3 Å². The predicted molar refractivity (Wildman–Crippen MR) is 97.5 cm³/mol. The van der Waals surface area contributed by atoms with Gasteiger partial charge in [0.25, 0.3) is 5.91 Å². The van der Waals surface area contributed by atoms with Gasteiger partial charge in [-0.2, -0.15) is 0 Å². The van der Waals surface area contributed by atoms with Crippen LogP contribution in [0.4, 0.5) is 10.1 Å². The highest BCUT2D eigenvalue weighted by atomic mass is 32.1. The summed E-state index contributed by atoms with van der Waals surface area (Å²) in [4.78, 5) is 28.0. The molecule has 0 fully saturated rings. The van der Waals surface area contributed by atoms with Crippen molar-refractivity contribution in [3.05, 3.63) is 51.5 Å². The first kappa shape index (κ1) is 17.6. The largest absolute Gasteiger partial charge is 0.332 e. The van der Waals surface area contributed by atoms with Gasteiger partial charge in [0.05, 0.1) is 11.4 Å². The predicted octanol–water partition coefficient (Wildman–Crippen LogP) is 3.72. The van der Waals surface area contributed by atoms with Gasteiger partial charge in [0.1, 0.15) is 5.82 Å². The molecule has 4 nitrogen and oxygen atoms in total. The van der Waals surface area contributed by atoms with Crippen molar-refractivity contribution >= 4 is 28.8 Å². The molecule has 1 aromatic heterocycles. The van der Waals surface area contributed by atoms with Crippen LogP contribution in [0.1, 0.15) is 33.5 Å². The normalized spacial score (nSPS) is 16.2. The fourth-order valence-corrected chi connectivity index (χ4v) is 4.26. The molecule has 0 bridgehead atoms. The molecule has 0 saturated heterocycles. The number of nitrogens with zero attached hydrogens (tertiary/aromatic N) is 1. The third-order valence-electron chi connectivity index (χ3n) is 4.38. The number of hydrogen-bond donors (Lipinski definition) is 1. The maximum Gasteiger partial charge on any atom is 0.264 e. The van der Waals surface area contributed by atoms with Crippen molar-refractivity contribution in [1.29, 1.82) is 0 Å². The molecule has 1 heterocycles. The van der Waals surface area contributed by atoms with E-state index in [0.29, 0.717) is 16.5 Å². The molecule has 1 N–H and O–H groups in total. The van der Waals surface area contributed by atoms with Crippen LogP contribution in [0.5, 0.6) is 0 Å². The van der Waals surface area contributed by atoms with Gasteiger partial charge in [0.2, 0.25) is 5.91 Å². The second kappa shape index (κ2) is 7.35. The third kappa shape index (κ3) is 4.25. The quantitative estimate of drug-likeness (QED) is 0.903. The van der Waals surface area contributed by atoms with Crippen LogP contribution in [0.25, 0.3) is 0 Å². The molecule has 0 radical (unpaired) electrons. The van der Waals surface area contributed by atoms with Crippen LogP contribution in [-0.2, 0) is 17.6 Å². The minimum absolute atomic E-state index is 0.0751. The van der Waals surface area contributed by atoms with Crippen LogP contribution in [0.2, 0.25) is 0 Å². The summed E-state index contributed by atoms with van der Waals surface area (Å²) in [6, 6.07) is 7.66. The number of likely N-dealkylation sites (N-methyl/N-ethyl adjacent to an activating group) is 1. The summed E-state index contributed by atoms with van der Waals surface area (Å²) in [6.45, 7) is 2.15. The third-order valence-corrected chi connectivity index (χ3v) is 5.60. The molecule has 0 unspecified atom stereocenters. The molecule has 1 aromatic carbocycles. The summed E-state index contributed by atoms with van der Waals surface area (Å²) in [7, 11) is 1.61. The molecule has 0 spiro atoms. The van der Waals surface area contributed by atoms with Gasteiger partial charge in [-0.1, -0.05) is 13.0 Å². The smallest absolute Gasteiger partial charge is 0.264 e. The number of rotatable bonds is 4. The lowest BCUT2D eigenvalue weighted by Crippen LogP contribution is -2.34. The Morgan fingerprint density at radius 1 is 1.36 bits per heavy atom. The summed E-state index contributed by atoms with van der Waals surface area (Å²) >= 11 is 1.53. The van der Waals surface area contributed by atoms with Gasteiger partial charge in [0.15, 0.2) is 0 Å². The van der Waals surface area contributed by atoms with Gasteiger partial charge in [0, 0.05) is 17.6 Å².